The minimum Gasteiger partial charge on any atom is -0.456 e. The quantitative estimate of drug-likeness (QED) is 0.873. The lowest BCUT2D eigenvalue weighted by atomic mass is 10.3. The maximum absolute atomic E-state index is 11.8. The predicted octanol–water partition coefficient (Wildman–Crippen LogP) is 3.09. The van der Waals surface area contributed by atoms with Crippen molar-refractivity contribution in [3.63, 3.8) is 0 Å². The van der Waals surface area contributed by atoms with E-state index >= 15 is 0 Å². The van der Waals surface area contributed by atoms with E-state index in [0.717, 1.165) is 15.8 Å². The molecule has 4 nitrogen and oxygen atoms in total. The first-order valence-corrected chi connectivity index (χ1v) is 6.28. The summed E-state index contributed by atoms with van der Waals surface area (Å²) in [7, 11) is 0. The molecule has 5 heteroatoms. The van der Waals surface area contributed by atoms with Crippen LogP contribution in [0.1, 0.15) is 23.2 Å². The molecule has 1 N–H and O–H groups in total. The van der Waals surface area contributed by atoms with Gasteiger partial charge in [0.15, 0.2) is 5.76 Å². The first-order chi connectivity index (χ1) is 8.19. The third-order valence-corrected chi connectivity index (χ3v) is 2.84. The zero-order valence-corrected chi connectivity index (χ0v) is 11.4. The molecule has 0 aromatic carbocycles. The molecular weight excluding hydrogens is 331 g/mol. The molecule has 0 unspecified atom stereocenters. The molecule has 0 aliphatic rings. The van der Waals surface area contributed by atoms with E-state index in [4.69, 9.17) is 4.42 Å². The highest BCUT2D eigenvalue weighted by molar-refractivity contribution is 14.1. The van der Waals surface area contributed by atoms with Crippen LogP contribution in [-0.4, -0.2) is 10.9 Å². The van der Waals surface area contributed by atoms with Gasteiger partial charge in [0.1, 0.15) is 11.6 Å². The van der Waals surface area contributed by atoms with E-state index in [0.29, 0.717) is 11.6 Å². The molecule has 0 aliphatic heterocycles. The third kappa shape index (κ3) is 3.06. The summed E-state index contributed by atoms with van der Waals surface area (Å²) in [6.45, 7) is 1.97. The lowest BCUT2D eigenvalue weighted by molar-refractivity contribution is 0.0994. The number of nitrogens with zero attached hydrogens (tertiary/aromatic N) is 1. The normalized spacial score (nSPS) is 10.2. The molecule has 17 heavy (non-hydrogen) atoms. The lowest BCUT2D eigenvalue weighted by Gasteiger charge is -2.01. The lowest BCUT2D eigenvalue weighted by Crippen LogP contribution is -2.11. The SMILES string of the molecule is CCc1ccc(C(=O)Nc2ccc(I)cn2)o1. The molecule has 0 spiro atoms. The Labute approximate surface area is 113 Å². The monoisotopic (exact) mass is 342 g/mol. The van der Waals surface area contributed by atoms with Crippen LogP contribution in [0.2, 0.25) is 0 Å². The Balaban J connectivity index is 2.08. The second-order valence-electron chi connectivity index (χ2n) is 3.44. The van der Waals surface area contributed by atoms with Crippen molar-refractivity contribution >= 4 is 34.3 Å². The topological polar surface area (TPSA) is 55.1 Å². The Bertz CT molecular complexity index is 520. The van der Waals surface area contributed by atoms with E-state index in [2.05, 4.69) is 32.9 Å². The van der Waals surface area contributed by atoms with Gasteiger partial charge in [0.05, 0.1) is 0 Å². The molecule has 0 fully saturated rings. The highest BCUT2D eigenvalue weighted by atomic mass is 127. The van der Waals surface area contributed by atoms with E-state index in [1.54, 1.807) is 24.4 Å². The third-order valence-electron chi connectivity index (χ3n) is 2.20. The summed E-state index contributed by atoms with van der Waals surface area (Å²) in [4.78, 5) is 15.9. The number of hydrogen-bond donors (Lipinski definition) is 1. The van der Waals surface area contributed by atoms with Crippen LogP contribution in [0.4, 0.5) is 5.82 Å². The van der Waals surface area contributed by atoms with Gasteiger partial charge in [-0.15, -0.1) is 0 Å². The maximum Gasteiger partial charge on any atom is 0.292 e. The van der Waals surface area contributed by atoms with Crippen LogP contribution in [-0.2, 0) is 6.42 Å². The first kappa shape index (κ1) is 12.1. The molecule has 2 heterocycles. The number of aromatic nitrogens is 1. The van der Waals surface area contributed by atoms with Gasteiger partial charge in [-0.05, 0) is 46.9 Å². The van der Waals surface area contributed by atoms with Crippen molar-refractivity contribution in [1.82, 2.24) is 4.98 Å². The van der Waals surface area contributed by atoms with Crippen LogP contribution in [0.5, 0.6) is 0 Å². The predicted molar refractivity (Wildman–Crippen MR) is 73.0 cm³/mol. The number of nitrogens with one attached hydrogen (secondary N) is 1. The average molecular weight is 342 g/mol. The average Bonchev–Trinajstić information content (AvgIpc) is 2.81. The number of halogens is 1. The number of furan rings is 1. The van der Waals surface area contributed by atoms with Gasteiger partial charge < -0.3 is 9.73 Å². The summed E-state index contributed by atoms with van der Waals surface area (Å²) in [6, 6.07) is 7.10. The molecule has 0 saturated heterocycles. The molecule has 2 aromatic rings. The Morgan fingerprint density at radius 2 is 2.24 bits per heavy atom. The number of carbonyl (C=O) groups excluding carboxylic acids is 1. The van der Waals surface area contributed by atoms with Gasteiger partial charge in [-0.1, -0.05) is 6.92 Å². The summed E-state index contributed by atoms with van der Waals surface area (Å²) < 4.78 is 6.37. The molecule has 2 rings (SSSR count). The number of carbonyl (C=O) groups is 1. The van der Waals surface area contributed by atoms with Crippen LogP contribution >= 0.6 is 22.6 Å². The van der Waals surface area contributed by atoms with Gasteiger partial charge in [-0.3, -0.25) is 4.79 Å². The standard InChI is InChI=1S/C12H11IN2O2/c1-2-9-4-5-10(17-9)12(16)15-11-6-3-8(13)7-14-11/h3-7H,2H2,1H3,(H,14,15,16). The van der Waals surface area contributed by atoms with Crippen molar-refractivity contribution in [2.45, 2.75) is 13.3 Å². The van der Waals surface area contributed by atoms with Crippen molar-refractivity contribution in [3.05, 3.63) is 45.6 Å². The van der Waals surface area contributed by atoms with E-state index in [-0.39, 0.29) is 5.91 Å². The minimum absolute atomic E-state index is 0.279. The van der Waals surface area contributed by atoms with Crippen LogP contribution < -0.4 is 5.32 Å². The minimum atomic E-state index is -0.279. The second-order valence-corrected chi connectivity index (χ2v) is 4.68. The van der Waals surface area contributed by atoms with Crippen LogP contribution in [0, 0.1) is 3.57 Å². The van der Waals surface area contributed by atoms with Crippen molar-refractivity contribution in [2.75, 3.05) is 5.32 Å². The van der Waals surface area contributed by atoms with Crippen LogP contribution in [0.15, 0.2) is 34.9 Å². The molecule has 0 saturated carbocycles. The summed E-state index contributed by atoms with van der Waals surface area (Å²) in [5, 5.41) is 2.68. The molecule has 0 radical (unpaired) electrons. The van der Waals surface area contributed by atoms with Crippen molar-refractivity contribution in [3.8, 4) is 0 Å². The highest BCUT2D eigenvalue weighted by Gasteiger charge is 2.11. The van der Waals surface area contributed by atoms with E-state index in [9.17, 15) is 4.79 Å². The van der Waals surface area contributed by atoms with Crippen molar-refractivity contribution < 1.29 is 9.21 Å². The summed E-state index contributed by atoms with van der Waals surface area (Å²) >= 11 is 2.16. The Morgan fingerprint density at radius 1 is 1.41 bits per heavy atom. The van der Waals surface area contributed by atoms with Gasteiger partial charge >= 0.3 is 0 Å². The maximum atomic E-state index is 11.8. The van der Waals surface area contributed by atoms with Gasteiger partial charge in [-0.2, -0.15) is 0 Å². The van der Waals surface area contributed by atoms with E-state index in [1.165, 1.54) is 0 Å². The number of pyridine rings is 1. The van der Waals surface area contributed by atoms with Gasteiger partial charge in [0, 0.05) is 16.2 Å². The largest absolute Gasteiger partial charge is 0.456 e. The molecule has 88 valence electrons. The molecule has 0 bridgehead atoms. The Morgan fingerprint density at radius 3 is 2.82 bits per heavy atom. The number of anilines is 1. The van der Waals surface area contributed by atoms with Gasteiger partial charge in [-0.25, -0.2) is 4.98 Å². The number of rotatable bonds is 3. The smallest absolute Gasteiger partial charge is 0.292 e. The fraction of sp³-hybridized carbons (Fsp3) is 0.167. The Hall–Kier alpha value is -1.37. The molecule has 0 atom stereocenters. The van der Waals surface area contributed by atoms with Gasteiger partial charge in [0.2, 0.25) is 0 Å². The van der Waals surface area contributed by atoms with E-state index < -0.39 is 0 Å². The highest BCUT2D eigenvalue weighted by Crippen LogP contribution is 2.12. The van der Waals surface area contributed by atoms with Gasteiger partial charge in [0.25, 0.3) is 5.91 Å². The molecular formula is C12H11IN2O2. The first-order valence-electron chi connectivity index (χ1n) is 5.20. The second kappa shape index (κ2) is 5.31. The molecule has 0 aliphatic carbocycles. The summed E-state index contributed by atoms with van der Waals surface area (Å²) in [5.74, 6) is 1.34. The Kier molecular flexibility index (Phi) is 3.78. The van der Waals surface area contributed by atoms with Crippen LogP contribution in [0.25, 0.3) is 0 Å². The van der Waals surface area contributed by atoms with Crippen LogP contribution in [0.3, 0.4) is 0 Å². The fourth-order valence-corrected chi connectivity index (χ4v) is 1.64. The van der Waals surface area contributed by atoms with E-state index in [1.807, 2.05) is 13.0 Å². The molecule has 1 amide bonds. The zero-order chi connectivity index (χ0) is 12.3. The number of hydrogen-bond acceptors (Lipinski definition) is 3. The molecule has 2 aromatic heterocycles. The zero-order valence-electron chi connectivity index (χ0n) is 9.24. The summed E-state index contributed by atoms with van der Waals surface area (Å²) in [5.41, 5.74) is 0. The fourth-order valence-electron chi connectivity index (χ4n) is 1.32. The number of aryl methyl sites for hydroxylation is 1. The van der Waals surface area contributed by atoms with Crippen molar-refractivity contribution in [2.24, 2.45) is 0 Å². The number of amides is 1. The summed E-state index contributed by atoms with van der Waals surface area (Å²) in [6.07, 6.45) is 2.46. The van der Waals surface area contributed by atoms with Crippen molar-refractivity contribution in [1.29, 1.82) is 0 Å².